The third kappa shape index (κ3) is 2.02. The van der Waals surface area contributed by atoms with Gasteiger partial charge in [-0.25, -0.2) is 0 Å². The molecule has 19 heavy (non-hydrogen) atoms. The Morgan fingerprint density at radius 2 is 2.05 bits per heavy atom. The number of hydrogen-bond acceptors (Lipinski definition) is 3. The summed E-state index contributed by atoms with van der Waals surface area (Å²) in [6.07, 6.45) is 0.666. The lowest BCUT2D eigenvalue weighted by atomic mass is 10.0. The number of aromatic amines is 1. The van der Waals surface area contributed by atoms with E-state index in [1.807, 2.05) is 38.1 Å². The summed E-state index contributed by atoms with van der Waals surface area (Å²) in [6.45, 7) is 4.05. The molecule has 100 valence electrons. The molecular formula is C15H17NO3. The predicted molar refractivity (Wildman–Crippen MR) is 73.8 cm³/mol. The Morgan fingerprint density at radius 1 is 1.37 bits per heavy atom. The highest BCUT2D eigenvalue weighted by molar-refractivity contribution is 5.86. The van der Waals surface area contributed by atoms with Crippen molar-refractivity contribution in [2.75, 3.05) is 7.11 Å². The number of epoxide rings is 1. The Labute approximate surface area is 111 Å². The first-order valence-electron chi connectivity index (χ1n) is 6.38. The van der Waals surface area contributed by atoms with E-state index in [-0.39, 0.29) is 17.3 Å². The Kier molecular flexibility index (Phi) is 2.64. The Morgan fingerprint density at radius 3 is 2.68 bits per heavy atom. The SMILES string of the molecule is COc1c(CC2OC2(C)C)c(=O)[nH]c2ccccc12. The van der Waals surface area contributed by atoms with E-state index in [0.29, 0.717) is 17.7 Å². The normalized spacial score (nSPS) is 20.5. The van der Waals surface area contributed by atoms with Crippen molar-refractivity contribution in [1.29, 1.82) is 0 Å². The molecule has 1 aliphatic heterocycles. The molecule has 1 atom stereocenters. The summed E-state index contributed by atoms with van der Waals surface area (Å²) in [4.78, 5) is 15.1. The lowest BCUT2D eigenvalue weighted by molar-refractivity contribution is 0.322. The number of ether oxygens (including phenoxy) is 2. The van der Waals surface area contributed by atoms with Crippen LogP contribution in [0.2, 0.25) is 0 Å². The summed E-state index contributed by atoms with van der Waals surface area (Å²) in [6, 6.07) is 7.65. The summed E-state index contributed by atoms with van der Waals surface area (Å²) in [5, 5.41) is 0.929. The number of fused-ring (bicyclic) bond motifs is 1. The van der Waals surface area contributed by atoms with Crippen LogP contribution < -0.4 is 10.3 Å². The van der Waals surface area contributed by atoms with Crippen LogP contribution in [0.4, 0.5) is 0 Å². The molecule has 1 unspecified atom stereocenters. The van der Waals surface area contributed by atoms with Crippen molar-refractivity contribution in [3.8, 4) is 5.75 Å². The molecule has 1 fully saturated rings. The Hall–Kier alpha value is -1.81. The van der Waals surface area contributed by atoms with Crippen LogP contribution in [-0.2, 0) is 11.2 Å². The number of nitrogens with one attached hydrogen (secondary N) is 1. The van der Waals surface area contributed by atoms with Gasteiger partial charge in [-0.05, 0) is 26.0 Å². The number of methoxy groups -OCH3 is 1. The second kappa shape index (κ2) is 4.10. The smallest absolute Gasteiger partial charge is 0.255 e. The van der Waals surface area contributed by atoms with Crippen LogP contribution in [0.25, 0.3) is 10.9 Å². The van der Waals surface area contributed by atoms with Gasteiger partial charge in [0.05, 0.1) is 29.9 Å². The van der Waals surface area contributed by atoms with E-state index in [9.17, 15) is 4.79 Å². The molecule has 1 aromatic heterocycles. The van der Waals surface area contributed by atoms with Crippen LogP contribution in [0.1, 0.15) is 19.4 Å². The van der Waals surface area contributed by atoms with E-state index in [0.717, 1.165) is 10.9 Å². The minimum atomic E-state index is -0.136. The molecule has 2 heterocycles. The van der Waals surface area contributed by atoms with Crippen molar-refractivity contribution >= 4 is 10.9 Å². The minimum absolute atomic E-state index is 0.0867. The van der Waals surface area contributed by atoms with Gasteiger partial charge in [0.25, 0.3) is 5.56 Å². The monoisotopic (exact) mass is 259 g/mol. The summed E-state index contributed by atoms with van der Waals surface area (Å²) in [5.74, 6) is 0.658. The van der Waals surface area contributed by atoms with Crippen molar-refractivity contribution in [3.05, 3.63) is 40.2 Å². The first-order valence-corrected chi connectivity index (χ1v) is 6.38. The van der Waals surface area contributed by atoms with Gasteiger partial charge in [0, 0.05) is 11.8 Å². The molecule has 1 aromatic carbocycles. The van der Waals surface area contributed by atoms with E-state index in [1.165, 1.54) is 0 Å². The standard InChI is InChI=1S/C15H17NO3/c1-15(2)12(19-15)8-10-13(18-3)9-6-4-5-7-11(9)16-14(10)17/h4-7,12H,8H2,1-3H3,(H,16,17). The number of aromatic nitrogens is 1. The molecule has 1 aliphatic rings. The maximum absolute atomic E-state index is 12.2. The molecule has 0 amide bonds. The van der Waals surface area contributed by atoms with E-state index in [1.54, 1.807) is 7.11 Å². The average molecular weight is 259 g/mol. The van der Waals surface area contributed by atoms with E-state index in [4.69, 9.17) is 9.47 Å². The van der Waals surface area contributed by atoms with Crippen LogP contribution in [0.5, 0.6) is 5.75 Å². The lowest BCUT2D eigenvalue weighted by Crippen LogP contribution is -2.18. The van der Waals surface area contributed by atoms with Crippen molar-refractivity contribution in [3.63, 3.8) is 0 Å². The molecule has 4 heteroatoms. The number of benzene rings is 1. The zero-order chi connectivity index (χ0) is 13.6. The van der Waals surface area contributed by atoms with Crippen LogP contribution >= 0.6 is 0 Å². The van der Waals surface area contributed by atoms with Crippen LogP contribution in [-0.4, -0.2) is 23.8 Å². The molecule has 2 aromatic rings. The van der Waals surface area contributed by atoms with Crippen LogP contribution in [0.15, 0.2) is 29.1 Å². The fourth-order valence-electron chi connectivity index (χ4n) is 2.48. The fourth-order valence-corrected chi connectivity index (χ4v) is 2.48. The summed E-state index contributed by atoms with van der Waals surface area (Å²) in [7, 11) is 1.60. The van der Waals surface area contributed by atoms with Crippen molar-refractivity contribution < 1.29 is 9.47 Å². The number of para-hydroxylation sites is 1. The first-order chi connectivity index (χ1) is 9.03. The zero-order valence-electron chi connectivity index (χ0n) is 11.3. The van der Waals surface area contributed by atoms with Crippen molar-refractivity contribution in [2.45, 2.75) is 32.0 Å². The minimum Gasteiger partial charge on any atom is -0.496 e. The molecule has 0 saturated carbocycles. The molecule has 4 nitrogen and oxygen atoms in total. The number of hydrogen-bond donors (Lipinski definition) is 1. The maximum Gasteiger partial charge on any atom is 0.255 e. The first kappa shape index (κ1) is 12.2. The van der Waals surface area contributed by atoms with Gasteiger partial charge in [-0.1, -0.05) is 12.1 Å². The van der Waals surface area contributed by atoms with E-state index in [2.05, 4.69) is 4.98 Å². The number of H-pyrrole nitrogens is 1. The second-order valence-electron chi connectivity index (χ2n) is 5.43. The fraction of sp³-hybridized carbons (Fsp3) is 0.400. The van der Waals surface area contributed by atoms with E-state index < -0.39 is 0 Å². The van der Waals surface area contributed by atoms with Crippen LogP contribution in [0, 0.1) is 0 Å². The molecule has 3 rings (SSSR count). The number of pyridine rings is 1. The summed E-state index contributed by atoms with van der Waals surface area (Å²) >= 11 is 0. The average Bonchev–Trinajstić information content (AvgIpc) is 2.97. The Balaban J connectivity index is 2.12. The van der Waals surface area contributed by atoms with Gasteiger partial charge in [-0.15, -0.1) is 0 Å². The molecular weight excluding hydrogens is 242 g/mol. The largest absolute Gasteiger partial charge is 0.496 e. The molecule has 0 aliphatic carbocycles. The molecule has 0 radical (unpaired) electrons. The maximum atomic E-state index is 12.2. The van der Waals surface area contributed by atoms with Crippen molar-refractivity contribution in [1.82, 2.24) is 4.98 Å². The summed E-state index contributed by atoms with van der Waals surface area (Å²) < 4.78 is 11.0. The van der Waals surface area contributed by atoms with Crippen LogP contribution in [0.3, 0.4) is 0 Å². The quantitative estimate of drug-likeness (QED) is 0.860. The molecule has 1 N–H and O–H groups in total. The predicted octanol–water partition coefficient (Wildman–Crippen LogP) is 2.26. The van der Waals surface area contributed by atoms with Gasteiger partial charge in [-0.3, -0.25) is 4.79 Å². The highest BCUT2D eigenvalue weighted by Crippen LogP contribution is 2.39. The third-order valence-corrected chi connectivity index (χ3v) is 3.73. The highest BCUT2D eigenvalue weighted by atomic mass is 16.6. The highest BCUT2D eigenvalue weighted by Gasteiger charge is 2.48. The van der Waals surface area contributed by atoms with Gasteiger partial charge in [0.15, 0.2) is 0 Å². The second-order valence-corrected chi connectivity index (χ2v) is 5.43. The lowest BCUT2D eigenvalue weighted by Gasteiger charge is -2.10. The van der Waals surface area contributed by atoms with Gasteiger partial charge in [0.2, 0.25) is 0 Å². The summed E-state index contributed by atoms with van der Waals surface area (Å²) in [5.41, 5.74) is 1.23. The molecule has 0 spiro atoms. The topological polar surface area (TPSA) is 54.6 Å². The van der Waals surface area contributed by atoms with Gasteiger partial charge >= 0.3 is 0 Å². The van der Waals surface area contributed by atoms with Gasteiger partial charge < -0.3 is 14.5 Å². The van der Waals surface area contributed by atoms with E-state index >= 15 is 0 Å². The van der Waals surface area contributed by atoms with Gasteiger partial charge in [0.1, 0.15) is 5.75 Å². The zero-order valence-corrected chi connectivity index (χ0v) is 11.3. The molecule has 0 bridgehead atoms. The molecule has 1 saturated heterocycles. The van der Waals surface area contributed by atoms with Gasteiger partial charge in [-0.2, -0.15) is 0 Å². The van der Waals surface area contributed by atoms with Crippen molar-refractivity contribution in [2.24, 2.45) is 0 Å². The third-order valence-electron chi connectivity index (χ3n) is 3.73. The Bertz CT molecular complexity index is 687. The number of rotatable bonds is 3.